The fraction of sp³-hybridized carbons (Fsp3) is 0.538. The molecule has 1 aromatic carbocycles. The van der Waals surface area contributed by atoms with Crippen molar-refractivity contribution in [1.29, 1.82) is 0 Å². The van der Waals surface area contributed by atoms with E-state index < -0.39 is 10.8 Å². The molecule has 1 fully saturated rings. The monoisotopic (exact) mass is 252 g/mol. The molecule has 0 spiro atoms. The highest BCUT2D eigenvalue weighted by molar-refractivity contribution is 7.85. The minimum atomic E-state index is -0.568. The number of para-hydroxylation sites is 1. The molecule has 0 amide bonds. The van der Waals surface area contributed by atoms with Crippen LogP contribution in [0, 0.1) is 6.92 Å². The summed E-state index contributed by atoms with van der Waals surface area (Å²) in [5.74, 6) is 1.68. The molecule has 2 rings (SSSR count). The van der Waals surface area contributed by atoms with Gasteiger partial charge in [0.2, 0.25) is 0 Å². The first-order valence-corrected chi connectivity index (χ1v) is 7.61. The van der Waals surface area contributed by atoms with Gasteiger partial charge in [0.15, 0.2) is 0 Å². The number of hydrogen-bond donors (Lipinski definition) is 1. The normalized spacial score (nSPS) is 18.2. The van der Waals surface area contributed by atoms with Gasteiger partial charge in [-0.15, -0.1) is 0 Å². The van der Waals surface area contributed by atoms with E-state index in [4.69, 9.17) is 0 Å². The van der Waals surface area contributed by atoms with E-state index >= 15 is 0 Å². The van der Waals surface area contributed by atoms with Crippen LogP contribution in [-0.2, 0) is 10.8 Å². The van der Waals surface area contributed by atoms with Crippen LogP contribution in [0.3, 0.4) is 0 Å². The standard InChI is InChI=1S/C13H20N2OS/c1-12-4-2-3-5-13(12)14-6-7-15-8-10-17(16)11-9-15/h2-5,14H,6-11H2,1H3. The Morgan fingerprint density at radius 2 is 2.00 bits per heavy atom. The molecule has 0 bridgehead atoms. The minimum absolute atomic E-state index is 0.568. The summed E-state index contributed by atoms with van der Waals surface area (Å²) >= 11 is 0. The molecule has 1 aromatic rings. The zero-order valence-electron chi connectivity index (χ0n) is 10.3. The van der Waals surface area contributed by atoms with Crippen LogP contribution in [0.15, 0.2) is 24.3 Å². The van der Waals surface area contributed by atoms with E-state index in [1.165, 1.54) is 11.3 Å². The summed E-state index contributed by atoms with van der Waals surface area (Å²) in [5.41, 5.74) is 2.50. The zero-order valence-corrected chi connectivity index (χ0v) is 11.1. The van der Waals surface area contributed by atoms with Gasteiger partial charge in [-0.2, -0.15) is 0 Å². The third-order valence-corrected chi connectivity index (χ3v) is 4.43. The molecule has 0 radical (unpaired) electrons. The summed E-state index contributed by atoms with van der Waals surface area (Å²) in [6.45, 7) is 6.06. The number of hydrogen-bond acceptors (Lipinski definition) is 3. The average Bonchev–Trinajstić information content (AvgIpc) is 2.34. The van der Waals surface area contributed by atoms with Crippen LogP contribution in [0.1, 0.15) is 5.56 Å². The van der Waals surface area contributed by atoms with E-state index in [2.05, 4.69) is 41.4 Å². The predicted molar refractivity (Wildman–Crippen MR) is 74.0 cm³/mol. The van der Waals surface area contributed by atoms with E-state index in [1.54, 1.807) is 0 Å². The Morgan fingerprint density at radius 1 is 1.29 bits per heavy atom. The lowest BCUT2D eigenvalue weighted by Gasteiger charge is -2.26. The lowest BCUT2D eigenvalue weighted by Crippen LogP contribution is -2.40. The molecule has 0 atom stereocenters. The summed E-state index contributed by atoms with van der Waals surface area (Å²) in [4.78, 5) is 2.38. The largest absolute Gasteiger partial charge is 0.384 e. The van der Waals surface area contributed by atoms with E-state index in [9.17, 15) is 4.21 Å². The minimum Gasteiger partial charge on any atom is -0.384 e. The molecule has 1 N–H and O–H groups in total. The van der Waals surface area contributed by atoms with Gasteiger partial charge in [0.05, 0.1) is 0 Å². The highest BCUT2D eigenvalue weighted by Crippen LogP contribution is 2.12. The third-order valence-electron chi connectivity index (χ3n) is 3.16. The molecular weight excluding hydrogens is 232 g/mol. The van der Waals surface area contributed by atoms with Crippen LogP contribution in [0.5, 0.6) is 0 Å². The summed E-state index contributed by atoms with van der Waals surface area (Å²) in [5, 5.41) is 3.45. The maximum Gasteiger partial charge on any atom is 0.0370 e. The van der Waals surface area contributed by atoms with Crippen molar-refractivity contribution < 1.29 is 4.21 Å². The van der Waals surface area contributed by atoms with Gasteiger partial charge in [-0.3, -0.25) is 9.11 Å². The van der Waals surface area contributed by atoms with Crippen molar-refractivity contribution in [2.75, 3.05) is 43.0 Å². The molecule has 1 aliphatic rings. The maximum atomic E-state index is 11.2. The summed E-state index contributed by atoms with van der Waals surface area (Å²) < 4.78 is 11.2. The highest BCUT2D eigenvalue weighted by Gasteiger charge is 2.14. The number of anilines is 1. The fourth-order valence-electron chi connectivity index (χ4n) is 2.02. The fourth-order valence-corrected chi connectivity index (χ4v) is 3.15. The molecule has 3 nitrogen and oxygen atoms in total. The van der Waals surface area contributed by atoms with Crippen LogP contribution in [-0.4, -0.2) is 46.8 Å². The van der Waals surface area contributed by atoms with Gasteiger partial charge in [-0.1, -0.05) is 18.2 Å². The van der Waals surface area contributed by atoms with E-state index in [-0.39, 0.29) is 0 Å². The molecule has 0 unspecified atom stereocenters. The molecule has 0 aliphatic carbocycles. The van der Waals surface area contributed by atoms with Gasteiger partial charge in [-0.05, 0) is 18.6 Å². The second kappa shape index (κ2) is 6.17. The van der Waals surface area contributed by atoms with Crippen molar-refractivity contribution in [1.82, 2.24) is 4.90 Å². The number of nitrogens with zero attached hydrogens (tertiary/aromatic N) is 1. The van der Waals surface area contributed by atoms with Gasteiger partial charge in [0, 0.05) is 54.2 Å². The van der Waals surface area contributed by atoms with Crippen LogP contribution in [0.4, 0.5) is 5.69 Å². The molecule has 1 heterocycles. The smallest absolute Gasteiger partial charge is 0.0370 e. The maximum absolute atomic E-state index is 11.2. The van der Waals surface area contributed by atoms with E-state index in [0.717, 1.165) is 37.7 Å². The van der Waals surface area contributed by atoms with Crippen LogP contribution in [0.2, 0.25) is 0 Å². The lowest BCUT2D eigenvalue weighted by molar-refractivity contribution is 0.311. The highest BCUT2D eigenvalue weighted by atomic mass is 32.2. The number of benzene rings is 1. The van der Waals surface area contributed by atoms with Crippen molar-refractivity contribution >= 4 is 16.5 Å². The first-order valence-electron chi connectivity index (χ1n) is 6.12. The molecule has 17 heavy (non-hydrogen) atoms. The van der Waals surface area contributed by atoms with Gasteiger partial charge in [0.1, 0.15) is 0 Å². The zero-order chi connectivity index (χ0) is 12.1. The van der Waals surface area contributed by atoms with Crippen LogP contribution < -0.4 is 5.32 Å². The topological polar surface area (TPSA) is 32.3 Å². The molecular formula is C13H20N2OS. The first-order chi connectivity index (χ1) is 8.25. The Bertz CT molecular complexity index is 385. The van der Waals surface area contributed by atoms with Crippen molar-refractivity contribution in [3.63, 3.8) is 0 Å². The van der Waals surface area contributed by atoms with E-state index in [1.807, 2.05) is 0 Å². The third kappa shape index (κ3) is 3.82. The van der Waals surface area contributed by atoms with E-state index in [0.29, 0.717) is 0 Å². The summed E-state index contributed by atoms with van der Waals surface area (Å²) in [7, 11) is -0.568. The molecule has 1 aliphatic heterocycles. The second-order valence-electron chi connectivity index (χ2n) is 4.43. The Morgan fingerprint density at radius 3 is 2.71 bits per heavy atom. The van der Waals surface area contributed by atoms with Crippen LogP contribution >= 0.6 is 0 Å². The van der Waals surface area contributed by atoms with Crippen molar-refractivity contribution in [2.24, 2.45) is 0 Å². The number of nitrogens with one attached hydrogen (secondary N) is 1. The van der Waals surface area contributed by atoms with Gasteiger partial charge >= 0.3 is 0 Å². The van der Waals surface area contributed by atoms with Crippen LogP contribution in [0.25, 0.3) is 0 Å². The molecule has 1 saturated heterocycles. The molecule has 94 valence electrons. The number of rotatable bonds is 4. The Hall–Kier alpha value is -0.870. The Labute approximate surface area is 106 Å². The first kappa shape index (κ1) is 12.6. The Kier molecular flexibility index (Phi) is 4.57. The SMILES string of the molecule is Cc1ccccc1NCCN1CCS(=O)CC1. The summed E-state index contributed by atoms with van der Waals surface area (Å²) in [6.07, 6.45) is 0. The van der Waals surface area contributed by atoms with Gasteiger partial charge < -0.3 is 5.32 Å². The second-order valence-corrected chi connectivity index (χ2v) is 6.13. The molecule has 4 heteroatoms. The van der Waals surface area contributed by atoms with Crippen molar-refractivity contribution in [2.45, 2.75) is 6.92 Å². The van der Waals surface area contributed by atoms with Gasteiger partial charge in [0.25, 0.3) is 0 Å². The van der Waals surface area contributed by atoms with Crippen molar-refractivity contribution in [3.8, 4) is 0 Å². The Balaban J connectivity index is 1.73. The molecule has 0 aromatic heterocycles. The van der Waals surface area contributed by atoms with Gasteiger partial charge in [-0.25, -0.2) is 0 Å². The summed E-state index contributed by atoms with van der Waals surface area (Å²) in [6, 6.07) is 8.34. The van der Waals surface area contributed by atoms with Crippen molar-refractivity contribution in [3.05, 3.63) is 29.8 Å². The average molecular weight is 252 g/mol. The lowest BCUT2D eigenvalue weighted by atomic mass is 10.2. The molecule has 0 saturated carbocycles. The quantitative estimate of drug-likeness (QED) is 0.881. The number of aryl methyl sites for hydroxylation is 1. The predicted octanol–water partition coefficient (Wildman–Crippen LogP) is 1.47.